The molecule has 0 saturated heterocycles. The minimum absolute atomic E-state index is 0.0131. The summed E-state index contributed by atoms with van der Waals surface area (Å²) in [6, 6.07) is 4.32. The summed E-state index contributed by atoms with van der Waals surface area (Å²) in [6.45, 7) is -0.0131. The second kappa shape index (κ2) is 6.60. The first-order valence-corrected chi connectivity index (χ1v) is 8.96. The highest BCUT2D eigenvalue weighted by Gasteiger charge is 2.37. The lowest BCUT2D eigenvalue weighted by molar-refractivity contribution is 0.391. The second-order valence-corrected chi connectivity index (χ2v) is 7.66. The molecule has 1 aliphatic rings. The maximum Gasteiger partial charge on any atom is 0.214 e. The van der Waals surface area contributed by atoms with Gasteiger partial charge in [0, 0.05) is 29.1 Å². The smallest absolute Gasteiger partial charge is 0.212 e. The summed E-state index contributed by atoms with van der Waals surface area (Å²) in [7, 11) is -3.43. The van der Waals surface area contributed by atoms with Gasteiger partial charge in [-0.2, -0.15) is 4.31 Å². The Hall–Kier alpha value is -0.360. The van der Waals surface area contributed by atoms with Crippen molar-refractivity contribution >= 4 is 33.2 Å². The van der Waals surface area contributed by atoms with Crippen molar-refractivity contribution in [3.8, 4) is 0 Å². The van der Waals surface area contributed by atoms with E-state index < -0.39 is 15.8 Å². The van der Waals surface area contributed by atoms with Crippen LogP contribution in [0.15, 0.2) is 18.2 Å². The molecule has 0 aliphatic heterocycles. The summed E-state index contributed by atoms with van der Waals surface area (Å²) in [5.74, 6) is -0.201. The molecule has 20 heavy (non-hydrogen) atoms. The first kappa shape index (κ1) is 16.0. The molecule has 7 heteroatoms. The van der Waals surface area contributed by atoms with E-state index in [-0.39, 0.29) is 34.8 Å². The van der Waals surface area contributed by atoms with Gasteiger partial charge in [0.25, 0.3) is 0 Å². The van der Waals surface area contributed by atoms with Gasteiger partial charge in [-0.25, -0.2) is 12.8 Å². The molecule has 1 aromatic rings. The van der Waals surface area contributed by atoms with Crippen LogP contribution in [0, 0.1) is 5.82 Å². The number of hydrogen-bond acceptors (Lipinski definition) is 2. The topological polar surface area (TPSA) is 37.4 Å². The van der Waals surface area contributed by atoms with Crippen LogP contribution in [0.25, 0.3) is 0 Å². The van der Waals surface area contributed by atoms with E-state index in [4.69, 9.17) is 23.2 Å². The summed E-state index contributed by atoms with van der Waals surface area (Å²) in [4.78, 5) is 0. The highest BCUT2D eigenvalue weighted by atomic mass is 35.5. The van der Waals surface area contributed by atoms with Crippen LogP contribution in [0.5, 0.6) is 0 Å². The second-order valence-electron chi connectivity index (χ2n) is 4.84. The fourth-order valence-electron chi connectivity index (χ4n) is 2.01. The molecule has 1 aliphatic carbocycles. The lowest BCUT2D eigenvalue weighted by atomic mass is 10.2. The van der Waals surface area contributed by atoms with Gasteiger partial charge in [-0.15, -0.1) is 11.6 Å². The van der Waals surface area contributed by atoms with Crippen molar-refractivity contribution in [3.05, 3.63) is 34.6 Å². The molecule has 0 heterocycles. The Morgan fingerprint density at radius 1 is 1.35 bits per heavy atom. The highest BCUT2D eigenvalue weighted by molar-refractivity contribution is 7.89. The van der Waals surface area contributed by atoms with Crippen molar-refractivity contribution < 1.29 is 12.8 Å². The molecule has 2 rings (SSSR count). The summed E-state index contributed by atoms with van der Waals surface area (Å²) in [6.07, 6.45) is 2.01. The van der Waals surface area contributed by atoms with Crippen LogP contribution in [-0.2, 0) is 16.6 Å². The lowest BCUT2D eigenvalue weighted by Crippen LogP contribution is -2.35. The molecule has 0 atom stereocenters. The molecule has 0 radical (unpaired) electrons. The Morgan fingerprint density at radius 2 is 2.05 bits per heavy atom. The molecule has 0 bridgehead atoms. The number of nitrogens with zero attached hydrogens (tertiary/aromatic N) is 1. The molecule has 0 spiro atoms. The number of benzene rings is 1. The normalized spacial score (nSPS) is 15.8. The van der Waals surface area contributed by atoms with Crippen LogP contribution in [0.2, 0.25) is 5.02 Å². The molecule has 1 saturated carbocycles. The Kier molecular flexibility index (Phi) is 5.29. The summed E-state index contributed by atoms with van der Waals surface area (Å²) >= 11 is 11.5. The van der Waals surface area contributed by atoms with Crippen molar-refractivity contribution in [2.45, 2.75) is 31.8 Å². The Balaban J connectivity index is 2.22. The van der Waals surface area contributed by atoms with Crippen LogP contribution in [-0.4, -0.2) is 30.4 Å². The zero-order valence-corrected chi connectivity index (χ0v) is 13.2. The van der Waals surface area contributed by atoms with Gasteiger partial charge >= 0.3 is 0 Å². The predicted octanol–water partition coefficient (Wildman–Crippen LogP) is 3.40. The third-order valence-electron chi connectivity index (χ3n) is 3.22. The SMILES string of the molecule is O=S(=O)(CCCCl)N(Cc1c(F)cccc1Cl)C1CC1. The quantitative estimate of drug-likeness (QED) is 0.714. The molecule has 0 aromatic heterocycles. The van der Waals surface area contributed by atoms with Crippen molar-refractivity contribution in [1.82, 2.24) is 4.31 Å². The van der Waals surface area contributed by atoms with E-state index in [1.165, 1.54) is 16.4 Å². The number of halogens is 3. The van der Waals surface area contributed by atoms with E-state index in [2.05, 4.69) is 0 Å². The molecule has 0 N–H and O–H groups in total. The average Bonchev–Trinajstić information content (AvgIpc) is 3.20. The van der Waals surface area contributed by atoms with E-state index >= 15 is 0 Å². The van der Waals surface area contributed by atoms with Crippen molar-refractivity contribution in [2.24, 2.45) is 0 Å². The van der Waals surface area contributed by atoms with Crippen LogP contribution >= 0.6 is 23.2 Å². The van der Waals surface area contributed by atoms with Crippen molar-refractivity contribution in [1.29, 1.82) is 0 Å². The fourth-order valence-corrected chi connectivity index (χ4v) is 4.26. The number of alkyl halides is 1. The highest BCUT2D eigenvalue weighted by Crippen LogP contribution is 2.33. The molecular weight excluding hydrogens is 324 g/mol. The van der Waals surface area contributed by atoms with E-state index in [0.29, 0.717) is 6.42 Å². The molecule has 0 unspecified atom stereocenters. The van der Waals surface area contributed by atoms with Crippen LogP contribution in [0.3, 0.4) is 0 Å². The third kappa shape index (κ3) is 3.85. The van der Waals surface area contributed by atoms with Gasteiger partial charge in [0.2, 0.25) is 10.0 Å². The van der Waals surface area contributed by atoms with E-state index in [0.717, 1.165) is 12.8 Å². The van der Waals surface area contributed by atoms with Gasteiger partial charge in [0.15, 0.2) is 0 Å². The maximum atomic E-state index is 13.8. The molecule has 0 amide bonds. The van der Waals surface area contributed by atoms with Crippen molar-refractivity contribution in [2.75, 3.05) is 11.6 Å². The molecular formula is C13H16Cl2FNO2S. The van der Waals surface area contributed by atoms with E-state index in [9.17, 15) is 12.8 Å². The third-order valence-corrected chi connectivity index (χ3v) is 5.79. The summed E-state index contributed by atoms with van der Waals surface area (Å²) < 4.78 is 39.8. The Bertz CT molecular complexity index is 555. The van der Waals surface area contributed by atoms with Crippen LogP contribution < -0.4 is 0 Å². The summed E-state index contributed by atoms with van der Waals surface area (Å²) in [5, 5.41) is 0.253. The standard InChI is InChI=1S/C13H16Cl2FNO2S/c14-7-2-8-20(18,19)17(10-5-6-10)9-11-12(15)3-1-4-13(11)16/h1,3-4,10H,2,5-9H2. The minimum Gasteiger partial charge on any atom is -0.212 e. The zero-order chi connectivity index (χ0) is 14.8. The van der Waals surface area contributed by atoms with E-state index in [1.807, 2.05) is 0 Å². The largest absolute Gasteiger partial charge is 0.214 e. The van der Waals surface area contributed by atoms with Gasteiger partial charge in [-0.1, -0.05) is 17.7 Å². The van der Waals surface area contributed by atoms with Gasteiger partial charge in [0.1, 0.15) is 5.82 Å². The van der Waals surface area contributed by atoms with E-state index in [1.54, 1.807) is 6.07 Å². The van der Waals surface area contributed by atoms with Crippen molar-refractivity contribution in [3.63, 3.8) is 0 Å². The van der Waals surface area contributed by atoms with Gasteiger partial charge in [-0.05, 0) is 31.4 Å². The lowest BCUT2D eigenvalue weighted by Gasteiger charge is -2.22. The minimum atomic E-state index is -3.43. The maximum absolute atomic E-state index is 13.8. The van der Waals surface area contributed by atoms with Gasteiger partial charge in [0.05, 0.1) is 5.75 Å². The fraction of sp³-hybridized carbons (Fsp3) is 0.538. The number of sulfonamides is 1. The first-order chi connectivity index (χ1) is 9.45. The van der Waals surface area contributed by atoms with Gasteiger partial charge < -0.3 is 0 Å². The molecule has 1 aromatic carbocycles. The monoisotopic (exact) mass is 339 g/mol. The Morgan fingerprint density at radius 3 is 2.60 bits per heavy atom. The predicted molar refractivity (Wildman–Crippen MR) is 79.1 cm³/mol. The summed E-state index contributed by atoms with van der Waals surface area (Å²) in [5.41, 5.74) is 0.232. The van der Waals surface area contributed by atoms with Gasteiger partial charge in [-0.3, -0.25) is 0 Å². The number of rotatable bonds is 7. The van der Waals surface area contributed by atoms with Crippen LogP contribution in [0.1, 0.15) is 24.8 Å². The van der Waals surface area contributed by atoms with Crippen LogP contribution in [0.4, 0.5) is 4.39 Å². The molecule has 1 fully saturated rings. The number of hydrogen-bond donors (Lipinski definition) is 0. The average molecular weight is 340 g/mol. The molecule has 3 nitrogen and oxygen atoms in total. The molecule has 112 valence electrons. The first-order valence-electron chi connectivity index (χ1n) is 6.44. The Labute approximate surface area is 128 Å². The zero-order valence-electron chi connectivity index (χ0n) is 10.9.